The van der Waals surface area contributed by atoms with Gasteiger partial charge in [0.25, 0.3) is 0 Å². The Kier molecular flexibility index (Phi) is 7.52. The van der Waals surface area contributed by atoms with Gasteiger partial charge in [-0.15, -0.1) is 24.0 Å². The zero-order chi connectivity index (χ0) is 14.5. The average molecular weight is 366 g/mol. The summed E-state index contributed by atoms with van der Waals surface area (Å²) in [4.78, 5) is 14.7. The van der Waals surface area contributed by atoms with Crippen LogP contribution in [0.1, 0.15) is 16.8 Å². The van der Waals surface area contributed by atoms with E-state index in [1.54, 1.807) is 24.7 Å². The molecule has 0 aromatic carbocycles. The lowest BCUT2D eigenvalue weighted by Gasteiger charge is -2.21. The fraction of sp³-hybridized carbons (Fsp3) is 0.308. The molecular formula is C13H15Cl3N4S. The van der Waals surface area contributed by atoms with Gasteiger partial charge < -0.3 is 4.90 Å². The number of anilines is 1. The Bertz CT molecular complexity index is 571. The number of aromatic nitrogens is 3. The molecule has 2 rings (SSSR count). The minimum atomic E-state index is -0.368. The SMILES string of the molecule is CN(CCCl)c1ccnc(C(S)c2ncccn2)c1Cl.Cl. The summed E-state index contributed by atoms with van der Waals surface area (Å²) in [5.74, 6) is 1.10. The summed E-state index contributed by atoms with van der Waals surface area (Å²) in [5.41, 5.74) is 1.51. The van der Waals surface area contributed by atoms with Gasteiger partial charge in [-0.1, -0.05) is 11.6 Å². The molecule has 0 bridgehead atoms. The van der Waals surface area contributed by atoms with E-state index in [9.17, 15) is 0 Å². The molecule has 0 saturated heterocycles. The monoisotopic (exact) mass is 364 g/mol. The summed E-state index contributed by atoms with van der Waals surface area (Å²) in [5, 5.41) is 0.181. The van der Waals surface area contributed by atoms with Crippen molar-refractivity contribution >= 4 is 53.9 Å². The van der Waals surface area contributed by atoms with Gasteiger partial charge in [0.15, 0.2) is 0 Å². The predicted octanol–water partition coefficient (Wildman–Crippen LogP) is 3.64. The van der Waals surface area contributed by atoms with Crippen molar-refractivity contribution in [1.29, 1.82) is 0 Å². The standard InChI is InChI=1S/C13H14Cl2N4S.ClH/c1-19(8-4-14)9-3-7-16-11(10(9)15)12(20)13-17-5-2-6-18-13;/h2-3,5-7,12,20H,4,8H2,1H3;1H. The second-order valence-corrected chi connectivity index (χ2v) is 5.42. The number of hydrogen-bond donors (Lipinski definition) is 1. The van der Waals surface area contributed by atoms with E-state index in [1.807, 2.05) is 18.0 Å². The third-order valence-corrected chi connectivity index (χ3v) is 3.85. The summed E-state index contributed by atoms with van der Waals surface area (Å²) in [6, 6.07) is 3.61. The number of alkyl halides is 1. The van der Waals surface area contributed by atoms with Gasteiger partial charge in [0.05, 0.1) is 16.4 Å². The van der Waals surface area contributed by atoms with Crippen LogP contribution in [0, 0.1) is 0 Å². The minimum Gasteiger partial charge on any atom is -0.372 e. The molecule has 2 heterocycles. The Hall–Kier alpha value is -0.750. The minimum absolute atomic E-state index is 0. The van der Waals surface area contributed by atoms with E-state index < -0.39 is 0 Å². The molecule has 114 valence electrons. The summed E-state index contributed by atoms with van der Waals surface area (Å²) in [6.07, 6.45) is 5.04. The molecule has 0 radical (unpaired) electrons. The normalized spacial score (nSPS) is 11.6. The first-order chi connectivity index (χ1) is 9.65. The highest BCUT2D eigenvalue weighted by atomic mass is 35.5. The maximum atomic E-state index is 6.43. The van der Waals surface area contributed by atoms with E-state index in [0.717, 1.165) is 5.69 Å². The van der Waals surface area contributed by atoms with Crippen LogP contribution in [0.4, 0.5) is 5.69 Å². The van der Waals surface area contributed by atoms with E-state index in [4.69, 9.17) is 23.2 Å². The Morgan fingerprint density at radius 2 is 1.90 bits per heavy atom. The highest BCUT2D eigenvalue weighted by Crippen LogP contribution is 2.35. The van der Waals surface area contributed by atoms with Crippen LogP contribution in [0.25, 0.3) is 0 Å². The molecule has 2 aromatic rings. The van der Waals surface area contributed by atoms with Crippen LogP contribution in [-0.4, -0.2) is 34.4 Å². The van der Waals surface area contributed by atoms with Crippen LogP contribution in [0.3, 0.4) is 0 Å². The van der Waals surface area contributed by atoms with Crippen LogP contribution in [0.5, 0.6) is 0 Å². The molecule has 21 heavy (non-hydrogen) atoms. The van der Waals surface area contributed by atoms with Crippen molar-refractivity contribution in [2.24, 2.45) is 0 Å². The van der Waals surface area contributed by atoms with E-state index in [0.29, 0.717) is 29.0 Å². The largest absolute Gasteiger partial charge is 0.372 e. The van der Waals surface area contributed by atoms with Crippen LogP contribution in [0.15, 0.2) is 30.7 Å². The maximum absolute atomic E-state index is 6.43. The topological polar surface area (TPSA) is 41.9 Å². The lowest BCUT2D eigenvalue weighted by molar-refractivity contribution is 0.912. The third-order valence-electron chi connectivity index (χ3n) is 2.82. The van der Waals surface area contributed by atoms with Crippen molar-refractivity contribution in [2.45, 2.75) is 5.25 Å². The van der Waals surface area contributed by atoms with E-state index in [1.165, 1.54) is 0 Å². The van der Waals surface area contributed by atoms with Gasteiger partial charge in [-0.05, 0) is 12.1 Å². The molecule has 0 fully saturated rings. The molecule has 0 aliphatic carbocycles. The summed E-state index contributed by atoms with van der Waals surface area (Å²) >= 11 is 16.7. The van der Waals surface area contributed by atoms with Crippen LogP contribution < -0.4 is 4.90 Å². The third kappa shape index (κ3) is 4.36. The van der Waals surface area contributed by atoms with E-state index >= 15 is 0 Å². The van der Waals surface area contributed by atoms with Crippen molar-refractivity contribution in [3.8, 4) is 0 Å². The Labute approximate surface area is 145 Å². The molecule has 1 unspecified atom stereocenters. The van der Waals surface area contributed by atoms with Crippen LogP contribution in [-0.2, 0) is 0 Å². The lowest BCUT2D eigenvalue weighted by atomic mass is 10.2. The van der Waals surface area contributed by atoms with E-state index in [2.05, 4.69) is 27.6 Å². The van der Waals surface area contributed by atoms with Crippen LogP contribution in [0.2, 0.25) is 5.02 Å². The number of thiol groups is 1. The number of nitrogens with zero attached hydrogens (tertiary/aromatic N) is 4. The zero-order valence-electron chi connectivity index (χ0n) is 11.3. The quantitative estimate of drug-likeness (QED) is 0.649. The molecule has 0 aliphatic heterocycles. The van der Waals surface area contributed by atoms with Gasteiger partial charge in [-0.3, -0.25) is 4.98 Å². The fourth-order valence-electron chi connectivity index (χ4n) is 1.76. The van der Waals surface area contributed by atoms with Crippen molar-refractivity contribution < 1.29 is 0 Å². The molecule has 0 spiro atoms. The summed E-state index contributed by atoms with van der Waals surface area (Å²) < 4.78 is 0. The number of halogens is 3. The Balaban J connectivity index is 0.00000220. The zero-order valence-corrected chi connectivity index (χ0v) is 14.5. The maximum Gasteiger partial charge on any atom is 0.146 e. The Morgan fingerprint density at radius 1 is 1.24 bits per heavy atom. The predicted molar refractivity (Wildman–Crippen MR) is 93.3 cm³/mol. The number of hydrogen-bond acceptors (Lipinski definition) is 5. The lowest BCUT2D eigenvalue weighted by Crippen LogP contribution is -2.20. The average Bonchev–Trinajstić information content (AvgIpc) is 2.48. The van der Waals surface area contributed by atoms with Crippen molar-refractivity contribution in [3.05, 3.63) is 47.3 Å². The number of pyridine rings is 1. The van der Waals surface area contributed by atoms with Gasteiger partial charge >= 0.3 is 0 Å². The van der Waals surface area contributed by atoms with Crippen molar-refractivity contribution in [1.82, 2.24) is 15.0 Å². The fourth-order valence-corrected chi connectivity index (χ4v) is 2.78. The highest BCUT2D eigenvalue weighted by molar-refractivity contribution is 7.80. The smallest absolute Gasteiger partial charge is 0.146 e. The Morgan fingerprint density at radius 3 is 2.52 bits per heavy atom. The molecule has 0 saturated carbocycles. The molecule has 8 heteroatoms. The second kappa shape index (κ2) is 8.63. The first-order valence-corrected chi connectivity index (χ1v) is 7.44. The highest BCUT2D eigenvalue weighted by Gasteiger charge is 2.20. The van der Waals surface area contributed by atoms with E-state index in [-0.39, 0.29) is 17.7 Å². The van der Waals surface area contributed by atoms with Gasteiger partial charge in [-0.25, -0.2) is 9.97 Å². The first-order valence-electron chi connectivity index (χ1n) is 6.01. The molecule has 0 N–H and O–H groups in total. The van der Waals surface area contributed by atoms with Gasteiger partial charge in [0.1, 0.15) is 11.1 Å². The molecule has 0 amide bonds. The first kappa shape index (κ1) is 18.3. The number of rotatable bonds is 5. The summed E-state index contributed by atoms with van der Waals surface area (Å²) in [6.45, 7) is 0.698. The summed E-state index contributed by atoms with van der Waals surface area (Å²) in [7, 11) is 1.93. The van der Waals surface area contributed by atoms with Gasteiger partial charge in [-0.2, -0.15) is 12.6 Å². The molecule has 4 nitrogen and oxygen atoms in total. The molecule has 2 aromatic heterocycles. The van der Waals surface area contributed by atoms with Gasteiger partial charge in [0, 0.05) is 38.1 Å². The molecular weight excluding hydrogens is 351 g/mol. The van der Waals surface area contributed by atoms with Crippen molar-refractivity contribution in [3.63, 3.8) is 0 Å². The van der Waals surface area contributed by atoms with Gasteiger partial charge in [0.2, 0.25) is 0 Å². The van der Waals surface area contributed by atoms with Crippen molar-refractivity contribution in [2.75, 3.05) is 24.4 Å². The van der Waals surface area contributed by atoms with Crippen LogP contribution >= 0.6 is 48.2 Å². The second-order valence-electron chi connectivity index (χ2n) is 4.15. The molecule has 1 atom stereocenters. The molecule has 0 aliphatic rings.